The number of nitrogens with one attached hydrogen (secondary N) is 1. The summed E-state index contributed by atoms with van der Waals surface area (Å²) in [4.78, 5) is 2.47. The van der Waals surface area contributed by atoms with Gasteiger partial charge in [-0.25, -0.2) is 0 Å². The minimum atomic E-state index is 0.381. The third-order valence-electron chi connectivity index (χ3n) is 4.33. The Bertz CT molecular complexity index is 723. The van der Waals surface area contributed by atoms with E-state index in [1.54, 1.807) is 7.11 Å². The van der Waals surface area contributed by atoms with Gasteiger partial charge in [-0.2, -0.15) is 0 Å². The maximum Gasteiger partial charge on any atom is 0.132 e. The Morgan fingerprint density at radius 3 is 3.00 bits per heavy atom. The van der Waals surface area contributed by atoms with Crippen LogP contribution in [0.5, 0.6) is 11.5 Å². The molecule has 2 aromatic rings. The van der Waals surface area contributed by atoms with Crippen molar-refractivity contribution in [1.29, 1.82) is 0 Å². The van der Waals surface area contributed by atoms with Gasteiger partial charge in [0.2, 0.25) is 0 Å². The molecule has 0 spiro atoms. The van der Waals surface area contributed by atoms with E-state index in [-0.39, 0.29) is 0 Å². The molecule has 0 aliphatic carbocycles. The van der Waals surface area contributed by atoms with Gasteiger partial charge in [-0.05, 0) is 49.2 Å². The van der Waals surface area contributed by atoms with Crippen LogP contribution in [0, 0.1) is 12.8 Å². The molecule has 1 heterocycles. The molecule has 1 unspecified atom stereocenters. The maximum atomic E-state index is 6.00. The molecule has 140 valence electrons. The molecule has 5 heteroatoms. The summed E-state index contributed by atoms with van der Waals surface area (Å²) in [6.45, 7) is 6.14. The summed E-state index contributed by atoms with van der Waals surface area (Å²) >= 11 is 3.75. The quantitative estimate of drug-likeness (QED) is 0.682. The van der Waals surface area contributed by atoms with Gasteiger partial charge in [-0.1, -0.05) is 25.1 Å². The Hall–Kier alpha value is -1.30. The molecule has 0 saturated heterocycles. The highest BCUT2D eigenvalue weighted by Crippen LogP contribution is 2.33. The first kappa shape index (κ1) is 19.5. The van der Waals surface area contributed by atoms with Gasteiger partial charge < -0.3 is 14.8 Å². The van der Waals surface area contributed by atoms with E-state index in [4.69, 9.17) is 9.47 Å². The Balaban J connectivity index is 1.44. The molecule has 3 rings (SSSR count). The lowest BCUT2D eigenvalue weighted by atomic mass is 10.2. The van der Waals surface area contributed by atoms with Crippen LogP contribution in [-0.2, 0) is 0 Å². The molecule has 26 heavy (non-hydrogen) atoms. The molecule has 1 aliphatic rings. The zero-order valence-electron chi connectivity index (χ0n) is 15.7. The smallest absolute Gasteiger partial charge is 0.132 e. The number of ether oxygens (including phenoxy) is 2. The fraction of sp³-hybridized carbons (Fsp3) is 0.429. The van der Waals surface area contributed by atoms with E-state index >= 15 is 0 Å². The zero-order chi connectivity index (χ0) is 18.4. The van der Waals surface area contributed by atoms with Crippen molar-refractivity contribution in [3.05, 3.63) is 48.0 Å². The van der Waals surface area contributed by atoms with Gasteiger partial charge in [-0.15, -0.1) is 23.5 Å². The van der Waals surface area contributed by atoms with Gasteiger partial charge in [0.1, 0.15) is 18.1 Å². The maximum absolute atomic E-state index is 6.00. The second-order valence-electron chi connectivity index (χ2n) is 6.74. The van der Waals surface area contributed by atoms with Gasteiger partial charge in [0.25, 0.3) is 0 Å². The number of para-hydroxylation sites is 1. The van der Waals surface area contributed by atoms with Crippen molar-refractivity contribution >= 4 is 23.5 Å². The Morgan fingerprint density at radius 1 is 1.31 bits per heavy atom. The molecule has 2 aromatic carbocycles. The van der Waals surface area contributed by atoms with Crippen LogP contribution < -0.4 is 14.8 Å². The van der Waals surface area contributed by atoms with Crippen molar-refractivity contribution in [2.75, 3.05) is 31.8 Å². The molecule has 0 aromatic heterocycles. The van der Waals surface area contributed by atoms with Crippen LogP contribution in [0.3, 0.4) is 0 Å². The first-order valence-electron chi connectivity index (χ1n) is 9.01. The number of thioether (sulfide) groups is 2. The summed E-state index contributed by atoms with van der Waals surface area (Å²) in [5, 5.41) is 3.69. The second kappa shape index (κ2) is 9.58. The van der Waals surface area contributed by atoms with E-state index in [0.29, 0.717) is 12.0 Å². The van der Waals surface area contributed by atoms with E-state index < -0.39 is 0 Å². The van der Waals surface area contributed by atoms with Crippen LogP contribution >= 0.6 is 23.5 Å². The number of benzene rings is 2. The summed E-state index contributed by atoms with van der Waals surface area (Å²) in [6, 6.07) is 15.0. The lowest BCUT2D eigenvalue weighted by molar-refractivity contribution is 0.270. The molecule has 0 fully saturated rings. The monoisotopic (exact) mass is 389 g/mol. The minimum Gasteiger partial charge on any atom is -0.496 e. The largest absolute Gasteiger partial charge is 0.496 e. The minimum absolute atomic E-state index is 0.381. The first-order valence-corrected chi connectivity index (χ1v) is 11.0. The Morgan fingerprint density at radius 2 is 2.15 bits per heavy atom. The van der Waals surface area contributed by atoms with E-state index in [1.807, 2.05) is 35.7 Å². The van der Waals surface area contributed by atoms with Crippen molar-refractivity contribution in [2.45, 2.75) is 29.7 Å². The van der Waals surface area contributed by atoms with Gasteiger partial charge >= 0.3 is 0 Å². The van der Waals surface area contributed by atoms with E-state index in [9.17, 15) is 0 Å². The molecule has 0 radical (unpaired) electrons. The lowest BCUT2D eigenvalue weighted by Gasteiger charge is -2.19. The highest BCUT2D eigenvalue weighted by molar-refractivity contribution is 7.99. The molecule has 3 nitrogen and oxygen atoms in total. The number of fused-ring (bicyclic) bond motifs is 1. The van der Waals surface area contributed by atoms with Crippen molar-refractivity contribution in [2.24, 2.45) is 5.92 Å². The number of rotatable bonds is 7. The summed E-state index contributed by atoms with van der Waals surface area (Å²) < 4.78 is 11.4. The average Bonchev–Trinajstić information content (AvgIpc) is 2.86. The number of hydrogen-bond donors (Lipinski definition) is 1. The number of methoxy groups -OCH3 is 1. The molecular weight excluding hydrogens is 362 g/mol. The standard InChI is InChI=1S/C21H27NO2S2/c1-15-8-9-19-21(10-15)26-14-17(12-24-19)22-11-16(2)13-25-20-7-5-4-6-18(20)23-3/h4-10,16-17,22H,11-14H2,1-3H3/t16-,17?/m1/s1. The van der Waals surface area contributed by atoms with E-state index in [2.05, 4.69) is 49.5 Å². The topological polar surface area (TPSA) is 30.5 Å². The van der Waals surface area contributed by atoms with Gasteiger partial charge in [0.15, 0.2) is 0 Å². The van der Waals surface area contributed by atoms with Crippen LogP contribution in [0.1, 0.15) is 12.5 Å². The third kappa shape index (κ3) is 5.35. The molecule has 1 N–H and O–H groups in total. The predicted octanol–water partition coefficient (Wildman–Crippen LogP) is 4.87. The van der Waals surface area contributed by atoms with Crippen molar-refractivity contribution < 1.29 is 9.47 Å². The van der Waals surface area contributed by atoms with Crippen LogP contribution in [-0.4, -0.2) is 37.8 Å². The normalized spacial score (nSPS) is 17.7. The Labute approximate surface area is 165 Å². The molecule has 0 bridgehead atoms. The average molecular weight is 390 g/mol. The van der Waals surface area contributed by atoms with E-state index in [0.717, 1.165) is 36.2 Å². The van der Waals surface area contributed by atoms with Gasteiger partial charge in [0, 0.05) is 21.3 Å². The van der Waals surface area contributed by atoms with Gasteiger partial charge in [-0.3, -0.25) is 0 Å². The van der Waals surface area contributed by atoms with Crippen LogP contribution in [0.2, 0.25) is 0 Å². The second-order valence-corrected chi connectivity index (χ2v) is 8.87. The van der Waals surface area contributed by atoms with Crippen LogP contribution in [0.15, 0.2) is 52.3 Å². The van der Waals surface area contributed by atoms with Crippen molar-refractivity contribution in [3.63, 3.8) is 0 Å². The fourth-order valence-corrected chi connectivity index (χ4v) is 4.97. The molecular formula is C21H27NO2S2. The van der Waals surface area contributed by atoms with Gasteiger partial charge in [0.05, 0.1) is 13.2 Å². The van der Waals surface area contributed by atoms with Crippen molar-refractivity contribution in [1.82, 2.24) is 5.32 Å². The lowest BCUT2D eigenvalue weighted by Crippen LogP contribution is -2.39. The van der Waals surface area contributed by atoms with Crippen LogP contribution in [0.25, 0.3) is 0 Å². The molecule has 0 saturated carbocycles. The first-order chi connectivity index (χ1) is 12.7. The van der Waals surface area contributed by atoms with Crippen LogP contribution in [0.4, 0.5) is 0 Å². The highest BCUT2D eigenvalue weighted by Gasteiger charge is 2.18. The Kier molecular flexibility index (Phi) is 7.17. The summed E-state index contributed by atoms with van der Waals surface area (Å²) in [5.74, 6) is 4.66. The van der Waals surface area contributed by atoms with Crippen molar-refractivity contribution in [3.8, 4) is 11.5 Å². The number of hydrogen-bond acceptors (Lipinski definition) is 5. The SMILES string of the molecule is COc1ccccc1SC[C@H](C)CNC1COc2ccc(C)cc2SC1. The summed E-state index contributed by atoms with van der Waals surface area (Å²) in [6.07, 6.45) is 0. The fourth-order valence-electron chi connectivity index (χ4n) is 2.79. The molecule has 2 atom stereocenters. The molecule has 1 aliphatic heterocycles. The third-order valence-corrected chi connectivity index (χ3v) is 6.91. The number of aryl methyl sites for hydroxylation is 1. The highest BCUT2D eigenvalue weighted by atomic mass is 32.2. The predicted molar refractivity (Wildman–Crippen MR) is 112 cm³/mol. The molecule has 0 amide bonds. The van der Waals surface area contributed by atoms with E-state index in [1.165, 1.54) is 15.4 Å². The summed E-state index contributed by atoms with van der Waals surface area (Å²) in [7, 11) is 1.73. The summed E-state index contributed by atoms with van der Waals surface area (Å²) in [5.41, 5.74) is 1.29. The zero-order valence-corrected chi connectivity index (χ0v) is 17.3.